The summed E-state index contributed by atoms with van der Waals surface area (Å²) in [4.78, 5) is 66.7. The fourth-order valence-electron chi connectivity index (χ4n) is 9.07. The fraction of sp³-hybridized carbons (Fsp3) is 0.311. The molecule has 25 nitrogen and oxygen atoms in total. The van der Waals surface area contributed by atoms with Gasteiger partial charge in [-0.3, -0.25) is 4.79 Å². The third kappa shape index (κ3) is 27.4. The lowest BCUT2D eigenvalue weighted by atomic mass is 9.97. The molecule has 0 aliphatic carbocycles. The molecule has 1 amide bonds. The second-order valence-corrected chi connectivity index (χ2v) is 27.7. The fourth-order valence-corrected chi connectivity index (χ4v) is 9.73. The number of furan rings is 2. The van der Waals surface area contributed by atoms with Gasteiger partial charge in [0.2, 0.25) is 5.91 Å². The van der Waals surface area contributed by atoms with Crippen molar-refractivity contribution < 1.29 is 63.0 Å². The number of para-hydroxylation sites is 2. The van der Waals surface area contributed by atoms with E-state index in [1.54, 1.807) is 143 Å². The third-order valence-electron chi connectivity index (χ3n) is 14.3. The number of rotatable bonds is 15. The zero-order valence-electron chi connectivity index (χ0n) is 60.0. The van der Waals surface area contributed by atoms with E-state index >= 15 is 0 Å². The van der Waals surface area contributed by atoms with Gasteiger partial charge in [0.15, 0.2) is 0 Å². The van der Waals surface area contributed by atoms with Crippen LogP contribution in [-0.4, -0.2) is 106 Å². The number of fused-ring (bicyclic) bond motifs is 2. The number of halogens is 3. The SMILES string of the molecule is CC(C)(C)OC(=O)/C=C/c1cnc(N)c(C(C)(C)O)c1.CC(C)(O)c1cc(/C=C/C(=O)O)cnc1N.CC(C)(O)c1cc(Br)cnc1N.CNCc1oc2ccccc2c1C.COC(=O)c1cc(Br)cnc1N.Cc1c(CN(C)C(=O)/C=C/c2cnc(N)c(C(C)(C)O)c2)oc2ccccc12.Cl. The number of aryl methyl sites for hydroxylation is 2. The number of aliphatic carboxylic acids is 1. The van der Waals surface area contributed by atoms with Crippen molar-refractivity contribution in [2.24, 2.45) is 0 Å². The van der Waals surface area contributed by atoms with Crippen LogP contribution in [0.5, 0.6) is 0 Å². The van der Waals surface area contributed by atoms with Gasteiger partial charge >= 0.3 is 17.9 Å². The molecule has 102 heavy (non-hydrogen) atoms. The summed E-state index contributed by atoms with van der Waals surface area (Å²) in [5, 5.41) is 53.5. The molecule has 0 atom stereocenters. The van der Waals surface area contributed by atoms with E-state index in [-0.39, 0.29) is 47.1 Å². The van der Waals surface area contributed by atoms with Gasteiger partial charge in [0.25, 0.3) is 0 Å². The van der Waals surface area contributed by atoms with Crippen molar-refractivity contribution in [3.05, 3.63) is 204 Å². The Labute approximate surface area is 617 Å². The molecule has 0 unspecified atom stereocenters. The Morgan fingerprint density at radius 1 is 0.549 bits per heavy atom. The van der Waals surface area contributed by atoms with Crippen molar-refractivity contribution in [1.82, 2.24) is 35.1 Å². The Bertz CT molecular complexity index is 4430. The van der Waals surface area contributed by atoms with Crippen molar-refractivity contribution in [2.45, 2.75) is 131 Å². The van der Waals surface area contributed by atoms with Crippen LogP contribution in [0.25, 0.3) is 40.2 Å². The maximum Gasteiger partial charge on any atom is 0.341 e. The largest absolute Gasteiger partial charge is 0.478 e. The van der Waals surface area contributed by atoms with Crippen LogP contribution in [0.3, 0.4) is 0 Å². The molecule has 7 aromatic heterocycles. The quantitative estimate of drug-likeness (QED) is 0.0335. The molecule has 16 N–H and O–H groups in total. The lowest BCUT2D eigenvalue weighted by Crippen LogP contribution is -2.24. The number of hydrogen-bond donors (Lipinski definition) is 11. The number of nitrogen functional groups attached to an aromatic ring is 5. The predicted molar refractivity (Wildman–Crippen MR) is 410 cm³/mol. The number of amides is 1. The van der Waals surface area contributed by atoms with Crippen molar-refractivity contribution in [2.75, 3.05) is 49.9 Å². The van der Waals surface area contributed by atoms with Gasteiger partial charge in [-0.05, 0) is 212 Å². The number of methoxy groups -OCH3 is 1. The second kappa shape index (κ2) is 37.9. The molecule has 0 saturated heterocycles. The zero-order valence-corrected chi connectivity index (χ0v) is 64.0. The topological polar surface area (TPSA) is 424 Å². The molecule has 0 aliphatic rings. The molecular formula is C74H93Br2ClN12O13. The molecule has 0 saturated carbocycles. The number of carboxylic acids is 1. The number of benzene rings is 2. The van der Waals surface area contributed by atoms with E-state index in [1.165, 1.54) is 54.9 Å². The molecule has 9 rings (SSSR count). The molecule has 0 bridgehead atoms. The smallest absolute Gasteiger partial charge is 0.341 e. The number of pyridine rings is 5. The van der Waals surface area contributed by atoms with E-state index in [4.69, 9.17) is 47.3 Å². The maximum absolute atomic E-state index is 12.5. The first-order chi connectivity index (χ1) is 46.8. The number of hydrogen-bond acceptors (Lipinski definition) is 23. The number of nitrogens with two attached hydrogens (primary N) is 5. The van der Waals surface area contributed by atoms with Crippen molar-refractivity contribution in [1.29, 1.82) is 0 Å². The van der Waals surface area contributed by atoms with Crippen LogP contribution >= 0.6 is 44.3 Å². The summed E-state index contributed by atoms with van der Waals surface area (Å²) in [6, 6.07) is 24.3. The van der Waals surface area contributed by atoms with E-state index in [2.05, 4.69) is 79.8 Å². The van der Waals surface area contributed by atoms with E-state index in [0.717, 1.165) is 50.7 Å². The minimum Gasteiger partial charge on any atom is -0.478 e. The highest BCUT2D eigenvalue weighted by Crippen LogP contribution is 2.31. The Hall–Kier alpha value is -9.58. The average Bonchev–Trinajstić information content (AvgIpc) is 1.46. The van der Waals surface area contributed by atoms with Crippen LogP contribution in [-0.2, 0) is 59.4 Å². The van der Waals surface area contributed by atoms with E-state index in [1.807, 2.05) is 56.4 Å². The van der Waals surface area contributed by atoms with Crippen LogP contribution in [0.2, 0.25) is 0 Å². The number of carbonyl (C=O) groups is 4. The normalized spacial score (nSPS) is 11.5. The average molecular weight is 1550 g/mol. The first-order valence-corrected chi connectivity index (χ1v) is 32.9. The summed E-state index contributed by atoms with van der Waals surface area (Å²) in [5.41, 5.74) is 31.8. The Kier molecular flexibility index (Phi) is 32.2. The summed E-state index contributed by atoms with van der Waals surface area (Å²) in [6.07, 6.45) is 16.1. The number of likely N-dealkylation sites (N-methyl/N-ethyl adjacent to an activating group) is 1. The van der Waals surface area contributed by atoms with E-state index < -0.39 is 45.9 Å². The molecule has 9 aromatic rings. The highest BCUT2D eigenvalue weighted by Gasteiger charge is 2.24. The molecule has 7 heterocycles. The molecule has 0 aliphatic heterocycles. The van der Waals surface area contributed by atoms with Crippen LogP contribution in [0.4, 0.5) is 29.1 Å². The number of nitrogens with zero attached hydrogens (tertiary/aromatic N) is 6. The summed E-state index contributed by atoms with van der Waals surface area (Å²) in [7, 11) is 4.94. The first-order valence-electron chi connectivity index (χ1n) is 31.3. The summed E-state index contributed by atoms with van der Waals surface area (Å²) < 4.78 is 22.7. The van der Waals surface area contributed by atoms with Gasteiger partial charge in [-0.25, -0.2) is 39.3 Å². The summed E-state index contributed by atoms with van der Waals surface area (Å²) in [6.45, 7) is 23.7. The van der Waals surface area contributed by atoms with Crippen LogP contribution in [0.1, 0.15) is 148 Å². The number of aromatic nitrogens is 5. The number of aliphatic hydroxyl groups is 4. The number of carboxylic acid groups (broad SMARTS) is 1. The van der Waals surface area contributed by atoms with Crippen molar-refractivity contribution in [3.8, 4) is 0 Å². The van der Waals surface area contributed by atoms with Gasteiger partial charge in [-0.1, -0.05) is 36.4 Å². The van der Waals surface area contributed by atoms with Crippen LogP contribution in [0, 0.1) is 13.8 Å². The number of anilines is 5. The Balaban J connectivity index is 0.000000327. The van der Waals surface area contributed by atoms with Gasteiger partial charge in [0.1, 0.15) is 62.9 Å². The van der Waals surface area contributed by atoms with Crippen molar-refractivity contribution >= 4 is 137 Å². The predicted octanol–water partition coefficient (Wildman–Crippen LogP) is 12.6. The van der Waals surface area contributed by atoms with Crippen LogP contribution in [0.15, 0.2) is 146 Å². The molecular weight excluding hydrogens is 1460 g/mol. The summed E-state index contributed by atoms with van der Waals surface area (Å²) in [5.74, 6) is 0.993. The number of esters is 2. The van der Waals surface area contributed by atoms with Gasteiger partial charge in [-0.2, -0.15) is 0 Å². The minimum atomic E-state index is -1.11. The van der Waals surface area contributed by atoms with E-state index in [9.17, 15) is 39.6 Å². The Morgan fingerprint density at radius 2 is 0.912 bits per heavy atom. The number of nitrogens with one attached hydrogen (secondary N) is 1. The van der Waals surface area contributed by atoms with E-state index in [0.29, 0.717) is 55.8 Å². The minimum absolute atomic E-state index is 0. The van der Waals surface area contributed by atoms with Gasteiger partial charge in [-0.15, -0.1) is 12.4 Å². The van der Waals surface area contributed by atoms with Crippen molar-refractivity contribution in [3.63, 3.8) is 0 Å². The second-order valence-electron chi connectivity index (χ2n) is 25.9. The highest BCUT2D eigenvalue weighted by atomic mass is 79.9. The lowest BCUT2D eigenvalue weighted by molar-refractivity contribution is -0.148. The Morgan fingerprint density at radius 3 is 1.29 bits per heavy atom. The first kappa shape index (κ1) is 86.6. The standard InChI is InChI=1S/C22H25N3O3.C15H22N2O3.C11H14N2O3.C11H13NO.C8H11BrN2O.C7H7BrN2O2.ClH/c1-14-16-7-5-6-8-18(16)28-19(14)13-25(4)20(26)10-9-15-11-17(22(2,3)27)21(23)24-12-15;1-14(2,3)20-12(18)7-6-10-8-11(15(4,5)19)13(16)17-9-10;1-11(2,16)8-5-7(3-4-9(14)15)6-13-10(8)12;1-8-9-5-3-4-6-10(9)13-11(8)7-12-2;1-8(2,12)6-3-5(9)4-11-7(6)10;1-12-7(11)5-2-4(8)3-10-6(5)9;/h5-12,27H,13H2,1-4H3,(H2,23,24);6-9,19H,1-5H3,(H2,16,17);3-6,16H,1-2H3,(H2,12,13)(H,14,15);3-6,12H,7H2,1-2H3;3-4,12H,1-2H3,(H2,10,11);2-3H,1H3,(H2,9,10);1H/b10-9+;7-6+;4-3+;;;;. The molecule has 548 valence electrons. The highest BCUT2D eigenvalue weighted by molar-refractivity contribution is 9.10. The van der Waals surface area contributed by atoms with Gasteiger partial charge < -0.3 is 82.7 Å². The molecule has 2 aromatic carbocycles. The molecule has 0 spiro atoms. The zero-order chi connectivity index (χ0) is 76.1. The van der Waals surface area contributed by atoms with Crippen LogP contribution < -0.4 is 34.0 Å². The molecule has 0 fully saturated rings. The number of carbonyl (C=O) groups excluding carboxylic acids is 3. The van der Waals surface area contributed by atoms with Gasteiger partial charge in [0, 0.05) is 104 Å². The monoisotopic (exact) mass is 1550 g/mol. The third-order valence-corrected chi connectivity index (χ3v) is 15.1. The lowest BCUT2D eigenvalue weighted by Gasteiger charge is -2.19. The molecule has 28 heteroatoms. The maximum atomic E-state index is 12.5. The number of ether oxygens (including phenoxy) is 2. The van der Waals surface area contributed by atoms with Gasteiger partial charge in [0.05, 0.1) is 42.6 Å². The summed E-state index contributed by atoms with van der Waals surface area (Å²) >= 11 is 6.43. The molecule has 0 radical (unpaired) electrons.